The minimum absolute atomic E-state index is 0.135. The van der Waals surface area contributed by atoms with Crippen molar-refractivity contribution in [3.63, 3.8) is 0 Å². The molecule has 0 aromatic carbocycles. The van der Waals surface area contributed by atoms with E-state index in [9.17, 15) is 4.79 Å². The Balaban J connectivity index is 2.68. The van der Waals surface area contributed by atoms with Gasteiger partial charge in [-0.1, -0.05) is 6.92 Å². The second kappa shape index (κ2) is 5.29. The van der Waals surface area contributed by atoms with Gasteiger partial charge < -0.3 is 10.2 Å². The van der Waals surface area contributed by atoms with Crippen LogP contribution < -0.4 is 5.32 Å². The van der Waals surface area contributed by atoms with Crippen molar-refractivity contribution in [2.24, 2.45) is 0 Å². The molecule has 0 aliphatic carbocycles. The largest absolute Gasteiger partial charge is 0.369 e. The molecule has 0 atom stereocenters. The maximum atomic E-state index is 11.5. The molecule has 0 fully saturated rings. The van der Waals surface area contributed by atoms with E-state index in [1.165, 1.54) is 11.1 Å². The molecule has 0 bridgehead atoms. The molecule has 1 aromatic rings. The van der Waals surface area contributed by atoms with Crippen molar-refractivity contribution >= 4 is 11.7 Å². The van der Waals surface area contributed by atoms with Crippen molar-refractivity contribution in [2.45, 2.75) is 13.3 Å². The summed E-state index contributed by atoms with van der Waals surface area (Å²) >= 11 is 0. The molecule has 1 amide bonds. The number of nitrogens with zero attached hydrogens (tertiary/aromatic N) is 3. The summed E-state index contributed by atoms with van der Waals surface area (Å²) in [5, 5.41) is 3.09. The van der Waals surface area contributed by atoms with Gasteiger partial charge >= 0.3 is 0 Å². The summed E-state index contributed by atoms with van der Waals surface area (Å²) in [5.74, 6) is 0.566. The lowest BCUT2D eigenvalue weighted by Gasteiger charge is -2.09. The van der Waals surface area contributed by atoms with E-state index in [0.717, 1.165) is 13.0 Å². The molecule has 0 aliphatic rings. The van der Waals surface area contributed by atoms with Crippen molar-refractivity contribution in [3.05, 3.63) is 18.1 Å². The van der Waals surface area contributed by atoms with E-state index in [0.29, 0.717) is 11.5 Å². The van der Waals surface area contributed by atoms with E-state index in [1.54, 1.807) is 20.3 Å². The third-order valence-corrected chi connectivity index (χ3v) is 1.83. The second-order valence-electron chi connectivity index (χ2n) is 3.41. The molecule has 0 saturated heterocycles. The summed E-state index contributed by atoms with van der Waals surface area (Å²) < 4.78 is 0. The summed E-state index contributed by atoms with van der Waals surface area (Å²) in [7, 11) is 3.38. The number of anilines is 1. The van der Waals surface area contributed by atoms with Gasteiger partial charge in [-0.15, -0.1) is 0 Å². The predicted molar refractivity (Wildman–Crippen MR) is 58.8 cm³/mol. The van der Waals surface area contributed by atoms with E-state index in [2.05, 4.69) is 22.2 Å². The Morgan fingerprint density at radius 2 is 2.13 bits per heavy atom. The van der Waals surface area contributed by atoms with Crippen LogP contribution in [0.4, 0.5) is 5.82 Å². The Kier molecular flexibility index (Phi) is 4.03. The highest BCUT2D eigenvalue weighted by Gasteiger charge is 2.09. The SMILES string of the molecule is CCCNc1cnc(C(=O)N(C)C)cn1. The van der Waals surface area contributed by atoms with Crippen LogP contribution in [0.5, 0.6) is 0 Å². The number of amides is 1. The lowest BCUT2D eigenvalue weighted by Crippen LogP contribution is -2.23. The van der Waals surface area contributed by atoms with Crippen LogP contribution in [0.1, 0.15) is 23.8 Å². The molecular formula is C10H16N4O. The highest BCUT2D eigenvalue weighted by molar-refractivity contribution is 5.91. The van der Waals surface area contributed by atoms with Gasteiger partial charge in [-0.25, -0.2) is 9.97 Å². The van der Waals surface area contributed by atoms with Crippen LogP contribution in [0.25, 0.3) is 0 Å². The molecule has 0 saturated carbocycles. The normalized spacial score (nSPS) is 9.80. The van der Waals surface area contributed by atoms with Gasteiger partial charge in [0, 0.05) is 20.6 Å². The second-order valence-corrected chi connectivity index (χ2v) is 3.41. The molecule has 1 aromatic heterocycles. The van der Waals surface area contributed by atoms with E-state index in [4.69, 9.17) is 0 Å². The molecule has 0 unspecified atom stereocenters. The van der Waals surface area contributed by atoms with Crippen molar-refractivity contribution in [1.29, 1.82) is 0 Å². The fraction of sp³-hybridized carbons (Fsp3) is 0.500. The quantitative estimate of drug-likeness (QED) is 0.802. The lowest BCUT2D eigenvalue weighted by molar-refractivity contribution is 0.0821. The minimum Gasteiger partial charge on any atom is -0.369 e. The Labute approximate surface area is 89.5 Å². The summed E-state index contributed by atoms with van der Waals surface area (Å²) in [6.07, 6.45) is 4.09. The molecule has 0 aliphatic heterocycles. The van der Waals surface area contributed by atoms with Crippen molar-refractivity contribution in [2.75, 3.05) is 26.0 Å². The van der Waals surface area contributed by atoms with Gasteiger partial charge in [0.2, 0.25) is 0 Å². The Bertz CT molecular complexity index is 321. The Hall–Kier alpha value is -1.65. The standard InChI is InChI=1S/C10H16N4O/c1-4-5-11-9-7-12-8(6-13-9)10(15)14(2)3/h6-7H,4-5H2,1-3H3,(H,11,13). The Morgan fingerprint density at radius 1 is 1.40 bits per heavy atom. The van der Waals surface area contributed by atoms with Crippen molar-refractivity contribution in [3.8, 4) is 0 Å². The van der Waals surface area contributed by atoms with Gasteiger partial charge in [0.15, 0.2) is 0 Å². The zero-order valence-corrected chi connectivity index (χ0v) is 9.32. The van der Waals surface area contributed by atoms with Gasteiger partial charge in [0.1, 0.15) is 11.5 Å². The molecule has 5 nitrogen and oxygen atoms in total. The lowest BCUT2D eigenvalue weighted by atomic mass is 10.4. The number of rotatable bonds is 4. The molecule has 0 radical (unpaired) electrons. The third kappa shape index (κ3) is 3.19. The van der Waals surface area contributed by atoms with Crippen LogP contribution in [0.15, 0.2) is 12.4 Å². The van der Waals surface area contributed by atoms with Gasteiger partial charge in [0.05, 0.1) is 12.4 Å². The first kappa shape index (κ1) is 11.4. The van der Waals surface area contributed by atoms with Gasteiger partial charge in [-0.05, 0) is 6.42 Å². The van der Waals surface area contributed by atoms with Gasteiger partial charge in [-0.2, -0.15) is 0 Å². The average molecular weight is 208 g/mol. The highest BCUT2D eigenvalue weighted by atomic mass is 16.2. The first-order chi connectivity index (χ1) is 7.15. The van der Waals surface area contributed by atoms with Crippen molar-refractivity contribution in [1.82, 2.24) is 14.9 Å². The van der Waals surface area contributed by atoms with Crippen LogP contribution >= 0.6 is 0 Å². The van der Waals surface area contributed by atoms with Crippen molar-refractivity contribution < 1.29 is 4.79 Å². The van der Waals surface area contributed by atoms with E-state index in [1.807, 2.05) is 0 Å². The summed E-state index contributed by atoms with van der Waals surface area (Å²) in [5.41, 5.74) is 0.363. The number of nitrogens with one attached hydrogen (secondary N) is 1. The van der Waals surface area contributed by atoms with Crippen LogP contribution in [0.3, 0.4) is 0 Å². The zero-order valence-electron chi connectivity index (χ0n) is 9.32. The monoisotopic (exact) mass is 208 g/mol. The molecule has 1 heterocycles. The van der Waals surface area contributed by atoms with E-state index < -0.39 is 0 Å². The predicted octanol–water partition coefficient (Wildman–Crippen LogP) is 1.00. The van der Waals surface area contributed by atoms with E-state index >= 15 is 0 Å². The van der Waals surface area contributed by atoms with Crippen LogP contribution in [-0.4, -0.2) is 41.4 Å². The Morgan fingerprint density at radius 3 is 2.60 bits per heavy atom. The first-order valence-corrected chi connectivity index (χ1v) is 4.92. The number of carbonyl (C=O) groups is 1. The van der Waals surface area contributed by atoms with Crippen LogP contribution in [-0.2, 0) is 0 Å². The summed E-state index contributed by atoms with van der Waals surface area (Å²) in [6.45, 7) is 2.93. The number of hydrogen-bond donors (Lipinski definition) is 1. The highest BCUT2D eigenvalue weighted by Crippen LogP contribution is 2.02. The number of carbonyl (C=O) groups excluding carboxylic acids is 1. The fourth-order valence-electron chi connectivity index (χ4n) is 1.01. The molecule has 82 valence electrons. The molecule has 1 N–H and O–H groups in total. The minimum atomic E-state index is -0.135. The average Bonchev–Trinajstić information content (AvgIpc) is 2.26. The van der Waals surface area contributed by atoms with Gasteiger partial charge in [-0.3, -0.25) is 4.79 Å². The molecule has 5 heteroatoms. The maximum absolute atomic E-state index is 11.5. The molecule has 1 rings (SSSR count). The fourth-order valence-corrected chi connectivity index (χ4v) is 1.01. The molecule has 0 spiro atoms. The zero-order chi connectivity index (χ0) is 11.3. The molecule has 15 heavy (non-hydrogen) atoms. The number of hydrogen-bond acceptors (Lipinski definition) is 4. The topological polar surface area (TPSA) is 58.1 Å². The summed E-state index contributed by atoms with van der Waals surface area (Å²) in [6, 6.07) is 0. The summed E-state index contributed by atoms with van der Waals surface area (Å²) in [4.78, 5) is 21.1. The smallest absolute Gasteiger partial charge is 0.273 e. The third-order valence-electron chi connectivity index (χ3n) is 1.83. The van der Waals surface area contributed by atoms with Crippen LogP contribution in [0.2, 0.25) is 0 Å². The maximum Gasteiger partial charge on any atom is 0.273 e. The molecular weight excluding hydrogens is 192 g/mol. The van der Waals surface area contributed by atoms with Gasteiger partial charge in [0.25, 0.3) is 5.91 Å². The first-order valence-electron chi connectivity index (χ1n) is 4.92. The number of aromatic nitrogens is 2. The van der Waals surface area contributed by atoms with E-state index in [-0.39, 0.29) is 5.91 Å². The van der Waals surface area contributed by atoms with Crippen LogP contribution in [0, 0.1) is 0 Å².